The Bertz CT molecular complexity index is 3630. The molecule has 1 aromatic heterocycles. The molecule has 11 aromatic carbocycles. The first-order chi connectivity index (χ1) is 36.1. The molecule has 0 aliphatic heterocycles. The highest BCUT2D eigenvalue weighted by atomic mass is 15.1. The molecule has 0 saturated carbocycles. The fourth-order valence-electron chi connectivity index (χ4n) is 9.58. The van der Waals surface area contributed by atoms with Crippen molar-refractivity contribution in [1.29, 1.82) is 0 Å². The van der Waals surface area contributed by atoms with E-state index in [0.29, 0.717) is 5.82 Å². The topological polar surface area (TPSA) is 29.0 Å². The molecule has 0 radical (unpaired) electrons. The van der Waals surface area contributed by atoms with E-state index in [1.807, 2.05) is 12.1 Å². The van der Waals surface area contributed by atoms with E-state index in [9.17, 15) is 0 Å². The standard InChI is InChI=1S/C70H49N3/c1-5-13-50(14-6-1)54-21-23-57(24-22-54)60-39-45-66(46-40-60)73(65-43-37-59(38-44-65)53-19-11-4-12-20-53)67-47-41-61(42-48-67)58-27-33-63(34-28-58)69-49-68(62-31-25-55(26-32-62)51-15-7-2-8-16-51)71-70(72-69)64-35-29-56(30-36-64)52-17-9-3-10-18-52/h1-49H. The van der Waals surface area contributed by atoms with Crippen LogP contribution in [0.1, 0.15) is 0 Å². The summed E-state index contributed by atoms with van der Waals surface area (Å²) in [4.78, 5) is 12.7. The summed E-state index contributed by atoms with van der Waals surface area (Å²) in [6.45, 7) is 0. The summed E-state index contributed by atoms with van der Waals surface area (Å²) in [5, 5.41) is 0. The van der Waals surface area contributed by atoms with Gasteiger partial charge in [-0.1, -0.05) is 255 Å². The molecule has 12 rings (SSSR count). The molecule has 0 spiro atoms. The molecule has 12 aromatic rings. The minimum Gasteiger partial charge on any atom is -0.311 e. The number of rotatable bonds is 12. The summed E-state index contributed by atoms with van der Waals surface area (Å²) >= 11 is 0. The van der Waals surface area contributed by atoms with Gasteiger partial charge < -0.3 is 4.90 Å². The Kier molecular flexibility index (Phi) is 12.4. The first-order valence-corrected chi connectivity index (χ1v) is 24.8. The van der Waals surface area contributed by atoms with Crippen molar-refractivity contribution < 1.29 is 0 Å². The van der Waals surface area contributed by atoms with Crippen molar-refractivity contribution in [3.63, 3.8) is 0 Å². The number of nitrogens with zero attached hydrogens (tertiary/aromatic N) is 3. The third kappa shape index (κ3) is 9.77. The van der Waals surface area contributed by atoms with E-state index in [4.69, 9.17) is 9.97 Å². The molecule has 344 valence electrons. The predicted octanol–water partition coefficient (Wildman–Crippen LogP) is 18.9. The van der Waals surface area contributed by atoms with Crippen LogP contribution >= 0.6 is 0 Å². The lowest BCUT2D eigenvalue weighted by Gasteiger charge is -2.26. The van der Waals surface area contributed by atoms with Crippen LogP contribution < -0.4 is 4.90 Å². The maximum atomic E-state index is 5.20. The Labute approximate surface area is 427 Å². The third-order valence-corrected chi connectivity index (χ3v) is 13.6. The van der Waals surface area contributed by atoms with Crippen molar-refractivity contribution in [2.24, 2.45) is 0 Å². The first-order valence-electron chi connectivity index (χ1n) is 24.8. The van der Waals surface area contributed by atoms with Crippen molar-refractivity contribution >= 4 is 17.1 Å². The number of hydrogen-bond donors (Lipinski definition) is 0. The molecule has 0 amide bonds. The van der Waals surface area contributed by atoms with Crippen LogP contribution in [-0.4, -0.2) is 9.97 Å². The Balaban J connectivity index is 0.844. The molecule has 3 nitrogen and oxygen atoms in total. The highest BCUT2D eigenvalue weighted by Gasteiger charge is 2.16. The summed E-state index contributed by atoms with van der Waals surface area (Å²) in [5.74, 6) is 0.685. The maximum absolute atomic E-state index is 5.20. The molecule has 0 fully saturated rings. The summed E-state index contributed by atoms with van der Waals surface area (Å²) in [6.07, 6.45) is 0. The van der Waals surface area contributed by atoms with Crippen molar-refractivity contribution in [2.75, 3.05) is 4.90 Å². The normalized spacial score (nSPS) is 11.0. The number of anilines is 3. The van der Waals surface area contributed by atoms with Gasteiger partial charge in [-0.15, -0.1) is 0 Å². The second-order valence-electron chi connectivity index (χ2n) is 18.2. The van der Waals surface area contributed by atoms with Crippen molar-refractivity contribution in [2.45, 2.75) is 0 Å². The van der Waals surface area contributed by atoms with Gasteiger partial charge in [0.1, 0.15) is 0 Å². The maximum Gasteiger partial charge on any atom is 0.160 e. The van der Waals surface area contributed by atoms with Crippen LogP contribution in [0.4, 0.5) is 17.1 Å². The van der Waals surface area contributed by atoms with Crippen LogP contribution in [0.2, 0.25) is 0 Å². The van der Waals surface area contributed by atoms with E-state index < -0.39 is 0 Å². The molecule has 0 aliphatic carbocycles. The van der Waals surface area contributed by atoms with E-state index in [1.165, 1.54) is 50.1 Å². The van der Waals surface area contributed by atoms with Gasteiger partial charge in [0, 0.05) is 33.8 Å². The smallest absolute Gasteiger partial charge is 0.160 e. The molecule has 0 aliphatic rings. The zero-order valence-corrected chi connectivity index (χ0v) is 40.1. The Morgan fingerprint density at radius 3 is 0.616 bits per heavy atom. The van der Waals surface area contributed by atoms with Gasteiger partial charge in [-0.3, -0.25) is 0 Å². The third-order valence-electron chi connectivity index (χ3n) is 13.6. The van der Waals surface area contributed by atoms with Crippen LogP contribution in [0.3, 0.4) is 0 Å². The minimum absolute atomic E-state index is 0.685. The van der Waals surface area contributed by atoms with Crippen LogP contribution in [0.5, 0.6) is 0 Å². The van der Waals surface area contributed by atoms with E-state index in [2.05, 4.69) is 290 Å². The average molecular weight is 932 g/mol. The lowest BCUT2D eigenvalue weighted by atomic mass is 9.99. The molecule has 0 bridgehead atoms. The van der Waals surface area contributed by atoms with Gasteiger partial charge in [0.2, 0.25) is 0 Å². The zero-order chi connectivity index (χ0) is 48.8. The second-order valence-corrected chi connectivity index (χ2v) is 18.2. The van der Waals surface area contributed by atoms with Crippen molar-refractivity contribution in [3.8, 4) is 101 Å². The van der Waals surface area contributed by atoms with Gasteiger partial charge >= 0.3 is 0 Å². The van der Waals surface area contributed by atoms with Crippen LogP contribution in [0, 0.1) is 0 Å². The molecule has 3 heteroatoms. The van der Waals surface area contributed by atoms with Gasteiger partial charge in [0.05, 0.1) is 11.4 Å². The van der Waals surface area contributed by atoms with Gasteiger partial charge in [0.15, 0.2) is 5.82 Å². The summed E-state index contributed by atoms with van der Waals surface area (Å²) in [6, 6.07) is 106. The summed E-state index contributed by atoms with van der Waals surface area (Å²) in [7, 11) is 0. The molecule has 73 heavy (non-hydrogen) atoms. The molecular formula is C70H49N3. The number of benzene rings is 11. The van der Waals surface area contributed by atoms with E-state index in [1.54, 1.807) is 0 Å². The quantitative estimate of drug-likeness (QED) is 0.122. The SMILES string of the molecule is c1ccc(-c2ccc(-c3ccc(N(c4ccc(-c5ccccc5)cc4)c4ccc(-c5ccc(-c6cc(-c7ccc(-c8ccccc8)cc7)nc(-c7ccc(-c8ccccc8)cc7)n6)cc5)cc4)cc3)cc2)cc1. The largest absolute Gasteiger partial charge is 0.311 e. The van der Waals surface area contributed by atoms with E-state index in [-0.39, 0.29) is 0 Å². The van der Waals surface area contributed by atoms with Crippen molar-refractivity contribution in [1.82, 2.24) is 9.97 Å². The lowest BCUT2D eigenvalue weighted by Crippen LogP contribution is -2.09. The van der Waals surface area contributed by atoms with Crippen LogP contribution in [0.15, 0.2) is 297 Å². The lowest BCUT2D eigenvalue weighted by molar-refractivity contribution is 1.18. The Morgan fingerprint density at radius 2 is 0.370 bits per heavy atom. The van der Waals surface area contributed by atoms with Crippen LogP contribution in [-0.2, 0) is 0 Å². The summed E-state index contributed by atoms with van der Waals surface area (Å²) < 4.78 is 0. The predicted molar refractivity (Wildman–Crippen MR) is 306 cm³/mol. The molecular weight excluding hydrogens is 883 g/mol. The average Bonchev–Trinajstić information content (AvgIpc) is 3.49. The highest BCUT2D eigenvalue weighted by Crippen LogP contribution is 2.39. The minimum atomic E-state index is 0.685. The monoisotopic (exact) mass is 931 g/mol. The van der Waals surface area contributed by atoms with Gasteiger partial charge in [0.25, 0.3) is 0 Å². The van der Waals surface area contributed by atoms with Gasteiger partial charge in [-0.2, -0.15) is 0 Å². The molecule has 1 heterocycles. The Hall–Kier alpha value is -9.70. The van der Waals surface area contributed by atoms with E-state index >= 15 is 0 Å². The van der Waals surface area contributed by atoms with Crippen molar-refractivity contribution in [3.05, 3.63) is 297 Å². The summed E-state index contributed by atoms with van der Waals surface area (Å²) in [5.41, 5.74) is 22.1. The zero-order valence-electron chi connectivity index (χ0n) is 40.1. The first kappa shape index (κ1) is 44.5. The number of hydrogen-bond acceptors (Lipinski definition) is 3. The molecule has 0 unspecified atom stereocenters. The second kappa shape index (κ2) is 20.3. The molecule has 0 N–H and O–H groups in total. The molecule has 0 atom stereocenters. The molecule has 0 saturated heterocycles. The fourth-order valence-corrected chi connectivity index (χ4v) is 9.58. The van der Waals surface area contributed by atoms with Crippen LogP contribution in [0.25, 0.3) is 101 Å². The highest BCUT2D eigenvalue weighted by molar-refractivity contribution is 5.83. The van der Waals surface area contributed by atoms with Gasteiger partial charge in [-0.05, 0) is 109 Å². The van der Waals surface area contributed by atoms with Gasteiger partial charge in [-0.25, -0.2) is 9.97 Å². The Morgan fingerprint density at radius 1 is 0.178 bits per heavy atom. The number of aromatic nitrogens is 2. The fraction of sp³-hybridized carbons (Fsp3) is 0. The van der Waals surface area contributed by atoms with E-state index in [0.717, 1.165) is 61.8 Å².